The number of rotatable bonds is 9. The minimum atomic E-state index is -0.634. The van der Waals surface area contributed by atoms with Crippen LogP contribution in [0.5, 0.6) is 0 Å². The van der Waals surface area contributed by atoms with Crippen molar-refractivity contribution in [3.8, 4) is 0 Å². The third kappa shape index (κ3) is 6.55. The fourth-order valence-electron chi connectivity index (χ4n) is 5.10. The van der Waals surface area contributed by atoms with Gasteiger partial charge in [0.2, 0.25) is 5.91 Å². The largest absolute Gasteiger partial charge is 0.366 e. The van der Waals surface area contributed by atoms with Crippen molar-refractivity contribution in [3.63, 3.8) is 0 Å². The number of primary amides is 1. The van der Waals surface area contributed by atoms with E-state index in [1.165, 1.54) is 18.2 Å². The highest BCUT2D eigenvalue weighted by molar-refractivity contribution is 6.35. The normalized spacial score (nSPS) is 15.7. The van der Waals surface area contributed by atoms with Gasteiger partial charge < -0.3 is 15.5 Å². The van der Waals surface area contributed by atoms with E-state index in [9.17, 15) is 9.59 Å². The number of benzene rings is 3. The summed E-state index contributed by atoms with van der Waals surface area (Å²) in [6.07, 6.45) is 2.44. The van der Waals surface area contributed by atoms with Crippen LogP contribution in [0.4, 0.5) is 15.8 Å². The molecule has 0 saturated carbocycles. The third-order valence-corrected chi connectivity index (χ3v) is 7.79. The van der Waals surface area contributed by atoms with E-state index in [1.54, 1.807) is 29.2 Å². The average molecular weight is 572 g/mol. The zero-order valence-electron chi connectivity index (χ0n) is 22.2. The number of nitrogens with zero attached hydrogens (tertiary/aromatic N) is 3. The molecule has 3 aromatic rings. The van der Waals surface area contributed by atoms with Crippen LogP contribution in [0.1, 0.15) is 59.4 Å². The van der Waals surface area contributed by atoms with Gasteiger partial charge in [0.25, 0.3) is 5.91 Å². The quantitative estimate of drug-likeness (QED) is 0.305. The number of halogens is 3. The summed E-state index contributed by atoms with van der Waals surface area (Å²) in [6.45, 7) is 6.41. The molecule has 9 heteroatoms. The molecule has 0 radical (unpaired) electrons. The molecule has 206 valence electrons. The van der Waals surface area contributed by atoms with Gasteiger partial charge in [-0.1, -0.05) is 29.3 Å². The molecule has 1 saturated heterocycles. The Morgan fingerprint density at radius 3 is 2.31 bits per heavy atom. The maximum Gasteiger partial charge on any atom is 0.253 e. The molecule has 2 amide bonds. The lowest BCUT2D eigenvalue weighted by Gasteiger charge is -2.44. The summed E-state index contributed by atoms with van der Waals surface area (Å²) < 4.78 is 15.5. The lowest BCUT2D eigenvalue weighted by Crippen LogP contribution is -2.49. The van der Waals surface area contributed by atoms with E-state index in [4.69, 9.17) is 28.9 Å². The van der Waals surface area contributed by atoms with Crippen molar-refractivity contribution in [1.82, 2.24) is 9.80 Å². The predicted octanol–water partition coefficient (Wildman–Crippen LogP) is 6.86. The van der Waals surface area contributed by atoms with Crippen molar-refractivity contribution < 1.29 is 14.0 Å². The van der Waals surface area contributed by atoms with Crippen LogP contribution in [0.3, 0.4) is 0 Å². The van der Waals surface area contributed by atoms with Crippen LogP contribution in [-0.4, -0.2) is 47.4 Å². The van der Waals surface area contributed by atoms with Gasteiger partial charge in [-0.05, 0) is 93.3 Å². The second-order valence-corrected chi connectivity index (χ2v) is 10.5. The fourth-order valence-corrected chi connectivity index (χ4v) is 5.57. The van der Waals surface area contributed by atoms with Crippen LogP contribution in [0.2, 0.25) is 10.0 Å². The molecule has 4 rings (SSSR count). The summed E-state index contributed by atoms with van der Waals surface area (Å²) in [7, 11) is 0. The van der Waals surface area contributed by atoms with Gasteiger partial charge in [-0.25, -0.2) is 4.39 Å². The monoisotopic (exact) mass is 570 g/mol. The fraction of sp³-hybridized carbons (Fsp3) is 0.333. The van der Waals surface area contributed by atoms with Gasteiger partial charge in [-0.3, -0.25) is 14.5 Å². The number of nitrogens with two attached hydrogens (primary N) is 1. The highest BCUT2D eigenvalue weighted by atomic mass is 35.5. The minimum Gasteiger partial charge on any atom is -0.366 e. The first-order valence-electron chi connectivity index (χ1n) is 13.2. The van der Waals surface area contributed by atoms with Crippen LogP contribution in [0.15, 0.2) is 60.7 Å². The Hall–Kier alpha value is -3.13. The molecule has 0 aromatic heterocycles. The highest BCUT2D eigenvalue weighted by Crippen LogP contribution is 2.37. The predicted molar refractivity (Wildman–Crippen MR) is 155 cm³/mol. The van der Waals surface area contributed by atoms with Gasteiger partial charge in [0, 0.05) is 53.0 Å². The average Bonchev–Trinajstić information content (AvgIpc) is 2.93. The molecule has 1 atom stereocenters. The van der Waals surface area contributed by atoms with Crippen LogP contribution in [-0.2, 0) is 6.54 Å². The molecule has 1 fully saturated rings. The van der Waals surface area contributed by atoms with Crippen molar-refractivity contribution in [2.45, 2.75) is 45.8 Å². The molecule has 0 aliphatic carbocycles. The lowest BCUT2D eigenvalue weighted by molar-refractivity contribution is 0.0772. The SMILES string of the molecule is CCN(CC)C(=O)c1ccc(N(c2cc(C(N)=O)ccc2F)C2CCCCN2Cc2ccc(Cl)cc2Cl)cc1. The number of carbonyl (C=O) groups is 2. The Morgan fingerprint density at radius 2 is 1.67 bits per heavy atom. The molecule has 0 spiro atoms. The van der Waals surface area contributed by atoms with Crippen LogP contribution in [0.25, 0.3) is 0 Å². The molecule has 3 aromatic carbocycles. The maximum absolute atomic E-state index is 15.5. The van der Waals surface area contributed by atoms with Gasteiger partial charge in [0.15, 0.2) is 0 Å². The second kappa shape index (κ2) is 12.8. The smallest absolute Gasteiger partial charge is 0.253 e. The van der Waals surface area contributed by atoms with E-state index in [0.29, 0.717) is 40.9 Å². The molecule has 1 aliphatic rings. The Morgan fingerprint density at radius 1 is 0.974 bits per heavy atom. The van der Waals surface area contributed by atoms with Crippen LogP contribution in [0, 0.1) is 5.82 Å². The Bertz CT molecular complexity index is 1330. The number of piperidine rings is 1. The van der Waals surface area contributed by atoms with E-state index >= 15 is 4.39 Å². The summed E-state index contributed by atoms with van der Waals surface area (Å²) >= 11 is 12.6. The Kier molecular flexibility index (Phi) is 9.49. The molecule has 1 heterocycles. The van der Waals surface area contributed by atoms with Gasteiger partial charge >= 0.3 is 0 Å². The molecule has 6 nitrogen and oxygen atoms in total. The number of amides is 2. The van der Waals surface area contributed by atoms with Crippen molar-refractivity contribution in [1.29, 1.82) is 0 Å². The van der Waals surface area contributed by atoms with Crippen molar-refractivity contribution in [3.05, 3.63) is 93.2 Å². The van der Waals surface area contributed by atoms with Crippen molar-refractivity contribution in [2.24, 2.45) is 5.73 Å². The molecular formula is C30H33Cl2FN4O2. The minimum absolute atomic E-state index is 0.0586. The Labute approximate surface area is 239 Å². The topological polar surface area (TPSA) is 69.9 Å². The van der Waals surface area contributed by atoms with E-state index < -0.39 is 11.7 Å². The standard InChI is InChI=1S/C30H33Cl2FN4O2/c1-3-35(4-2)30(39)20-9-13-24(14-10-20)37(27-17-21(29(34)38)11-15-26(27)33)28-7-5-6-16-36(28)19-22-8-12-23(31)18-25(22)32/h8-15,17-18,28H,3-7,16,19H2,1-2H3,(H2,34,38). The van der Waals surface area contributed by atoms with Gasteiger partial charge in [0.05, 0.1) is 11.9 Å². The zero-order valence-corrected chi connectivity index (χ0v) is 23.7. The number of likely N-dealkylation sites (tertiary alicyclic amines) is 1. The summed E-state index contributed by atoms with van der Waals surface area (Å²) in [5.74, 6) is -1.17. The molecule has 1 aliphatic heterocycles. The number of anilines is 2. The first-order chi connectivity index (χ1) is 18.7. The van der Waals surface area contributed by atoms with E-state index in [1.807, 2.05) is 36.9 Å². The van der Waals surface area contributed by atoms with E-state index in [2.05, 4.69) is 4.90 Å². The molecule has 2 N–H and O–H groups in total. The summed E-state index contributed by atoms with van der Waals surface area (Å²) in [5, 5.41) is 1.13. The van der Waals surface area contributed by atoms with Crippen molar-refractivity contribution in [2.75, 3.05) is 24.5 Å². The van der Waals surface area contributed by atoms with Gasteiger partial charge in [-0.15, -0.1) is 0 Å². The molecule has 1 unspecified atom stereocenters. The summed E-state index contributed by atoms with van der Waals surface area (Å²) in [5.41, 5.74) is 8.19. The molecule has 0 bridgehead atoms. The van der Waals surface area contributed by atoms with E-state index in [-0.39, 0.29) is 23.3 Å². The van der Waals surface area contributed by atoms with Crippen LogP contribution >= 0.6 is 23.2 Å². The number of hydrogen-bond donors (Lipinski definition) is 1. The van der Waals surface area contributed by atoms with E-state index in [0.717, 1.165) is 31.4 Å². The summed E-state index contributed by atoms with van der Waals surface area (Å²) in [6, 6.07) is 16.8. The second-order valence-electron chi connectivity index (χ2n) is 9.61. The first-order valence-corrected chi connectivity index (χ1v) is 13.9. The molecular weight excluding hydrogens is 538 g/mol. The highest BCUT2D eigenvalue weighted by Gasteiger charge is 2.32. The van der Waals surface area contributed by atoms with Crippen LogP contribution < -0.4 is 10.6 Å². The molecule has 39 heavy (non-hydrogen) atoms. The third-order valence-electron chi connectivity index (χ3n) is 7.20. The number of hydrogen-bond acceptors (Lipinski definition) is 4. The van der Waals surface area contributed by atoms with Crippen molar-refractivity contribution >= 4 is 46.4 Å². The summed E-state index contributed by atoms with van der Waals surface area (Å²) in [4.78, 5) is 30.8. The Balaban J connectivity index is 1.78. The van der Waals surface area contributed by atoms with Gasteiger partial charge in [-0.2, -0.15) is 0 Å². The lowest BCUT2D eigenvalue weighted by atomic mass is 10.0. The van der Waals surface area contributed by atoms with Gasteiger partial charge in [0.1, 0.15) is 5.82 Å². The zero-order chi connectivity index (χ0) is 28.1. The number of carbonyl (C=O) groups excluding carboxylic acids is 2. The maximum atomic E-state index is 15.5. The first kappa shape index (κ1) is 28.9.